The number of hydrogen-bond donors (Lipinski definition) is 0. The first-order valence-electron chi connectivity index (χ1n) is 3.74. The zero-order chi connectivity index (χ0) is 9.42. The van der Waals surface area contributed by atoms with Gasteiger partial charge in [0.05, 0.1) is 5.56 Å². The lowest BCUT2D eigenvalue weighted by molar-refractivity contribution is 1.05. The molecule has 0 atom stereocenters. The zero-order valence-corrected chi connectivity index (χ0v) is 7.76. The standard InChI is InChI=1S/C9H6N2OS/c1-6-5-13-9-7(4-10)2-3-8(12)11(6)9/h2-3,5H,1H3. The van der Waals surface area contributed by atoms with Gasteiger partial charge in [-0.3, -0.25) is 9.20 Å². The van der Waals surface area contributed by atoms with E-state index in [-0.39, 0.29) is 5.56 Å². The molecule has 0 N–H and O–H groups in total. The van der Waals surface area contributed by atoms with Crippen molar-refractivity contribution in [2.75, 3.05) is 0 Å². The number of aryl methyl sites for hydroxylation is 1. The molecule has 2 rings (SSSR count). The number of fused-ring (bicyclic) bond motifs is 1. The van der Waals surface area contributed by atoms with Crippen LogP contribution in [0.25, 0.3) is 4.83 Å². The van der Waals surface area contributed by atoms with Gasteiger partial charge in [0.25, 0.3) is 5.56 Å². The Morgan fingerprint density at radius 3 is 3.00 bits per heavy atom. The normalized spacial score (nSPS) is 10.2. The van der Waals surface area contributed by atoms with Gasteiger partial charge in [-0.05, 0) is 13.0 Å². The lowest BCUT2D eigenvalue weighted by atomic mass is 10.3. The van der Waals surface area contributed by atoms with Crippen LogP contribution in [0.15, 0.2) is 22.3 Å². The van der Waals surface area contributed by atoms with E-state index in [0.717, 1.165) is 10.5 Å². The average molecular weight is 190 g/mol. The summed E-state index contributed by atoms with van der Waals surface area (Å²) in [5.41, 5.74) is 1.35. The Balaban J connectivity index is 3.06. The second-order valence-corrected chi connectivity index (χ2v) is 3.57. The Hall–Kier alpha value is -1.60. The van der Waals surface area contributed by atoms with Crippen LogP contribution >= 0.6 is 11.3 Å². The van der Waals surface area contributed by atoms with Crippen molar-refractivity contribution in [3.8, 4) is 6.07 Å². The highest BCUT2D eigenvalue weighted by Gasteiger charge is 2.05. The van der Waals surface area contributed by atoms with Crippen LogP contribution in [-0.4, -0.2) is 4.40 Å². The van der Waals surface area contributed by atoms with Gasteiger partial charge in [-0.25, -0.2) is 0 Å². The van der Waals surface area contributed by atoms with Gasteiger partial charge in [0.1, 0.15) is 10.9 Å². The molecular weight excluding hydrogens is 184 g/mol. The molecule has 0 saturated carbocycles. The minimum Gasteiger partial charge on any atom is -0.270 e. The van der Waals surface area contributed by atoms with Crippen molar-refractivity contribution in [2.45, 2.75) is 6.92 Å². The number of pyridine rings is 1. The van der Waals surface area contributed by atoms with Gasteiger partial charge in [0, 0.05) is 17.1 Å². The van der Waals surface area contributed by atoms with Crippen LogP contribution in [0.2, 0.25) is 0 Å². The highest BCUT2D eigenvalue weighted by molar-refractivity contribution is 7.15. The summed E-state index contributed by atoms with van der Waals surface area (Å²) in [5, 5.41) is 10.6. The maximum atomic E-state index is 11.4. The van der Waals surface area contributed by atoms with Gasteiger partial charge in [0.2, 0.25) is 0 Å². The van der Waals surface area contributed by atoms with Crippen molar-refractivity contribution in [2.24, 2.45) is 0 Å². The molecule has 13 heavy (non-hydrogen) atoms. The topological polar surface area (TPSA) is 45.3 Å². The second kappa shape index (κ2) is 2.71. The molecule has 0 radical (unpaired) electrons. The molecule has 2 aromatic heterocycles. The van der Waals surface area contributed by atoms with Gasteiger partial charge in [-0.15, -0.1) is 11.3 Å². The third kappa shape index (κ3) is 1.05. The molecular formula is C9H6N2OS. The van der Waals surface area contributed by atoms with Crippen LogP contribution in [0.4, 0.5) is 0 Å². The number of thiazole rings is 1. The molecule has 2 aromatic rings. The minimum absolute atomic E-state index is 0.0762. The molecule has 0 spiro atoms. The maximum Gasteiger partial charge on any atom is 0.256 e. The molecule has 0 saturated heterocycles. The fraction of sp³-hybridized carbons (Fsp3) is 0.111. The Kier molecular flexibility index (Phi) is 1.67. The third-order valence-electron chi connectivity index (χ3n) is 1.86. The SMILES string of the molecule is Cc1csc2c(C#N)ccc(=O)n12. The molecule has 0 amide bonds. The first-order valence-corrected chi connectivity index (χ1v) is 4.62. The van der Waals surface area contributed by atoms with Crippen molar-refractivity contribution in [1.82, 2.24) is 4.40 Å². The van der Waals surface area contributed by atoms with E-state index in [1.807, 2.05) is 12.3 Å². The van der Waals surface area contributed by atoms with Gasteiger partial charge in [0.15, 0.2) is 0 Å². The summed E-state index contributed by atoms with van der Waals surface area (Å²) in [6.45, 7) is 1.85. The smallest absolute Gasteiger partial charge is 0.256 e. The molecule has 0 bridgehead atoms. The van der Waals surface area contributed by atoms with E-state index in [1.165, 1.54) is 17.4 Å². The molecule has 0 unspecified atom stereocenters. The van der Waals surface area contributed by atoms with Crippen LogP contribution in [0.5, 0.6) is 0 Å². The Morgan fingerprint density at radius 2 is 2.31 bits per heavy atom. The number of nitrogens with zero attached hydrogens (tertiary/aromatic N) is 2. The van der Waals surface area contributed by atoms with E-state index in [2.05, 4.69) is 6.07 Å². The first kappa shape index (κ1) is 8.02. The fourth-order valence-electron chi connectivity index (χ4n) is 1.25. The number of rotatable bonds is 0. The van der Waals surface area contributed by atoms with Gasteiger partial charge in [-0.1, -0.05) is 0 Å². The Morgan fingerprint density at radius 1 is 1.54 bits per heavy atom. The Labute approximate surface area is 78.5 Å². The molecule has 2 heterocycles. The molecule has 64 valence electrons. The predicted octanol–water partition coefficient (Wildman–Crippen LogP) is 1.54. The molecule has 0 aliphatic carbocycles. The predicted molar refractivity (Wildman–Crippen MR) is 51.0 cm³/mol. The van der Waals surface area contributed by atoms with E-state index >= 15 is 0 Å². The van der Waals surface area contributed by atoms with E-state index in [0.29, 0.717) is 5.56 Å². The van der Waals surface area contributed by atoms with E-state index < -0.39 is 0 Å². The number of hydrogen-bond acceptors (Lipinski definition) is 3. The summed E-state index contributed by atoms with van der Waals surface area (Å²) in [5.74, 6) is 0. The largest absolute Gasteiger partial charge is 0.270 e. The molecule has 3 nitrogen and oxygen atoms in total. The van der Waals surface area contributed by atoms with E-state index in [1.54, 1.807) is 10.5 Å². The van der Waals surface area contributed by atoms with Crippen molar-refractivity contribution in [1.29, 1.82) is 5.26 Å². The quantitative estimate of drug-likeness (QED) is 0.632. The monoisotopic (exact) mass is 190 g/mol. The maximum absolute atomic E-state index is 11.4. The summed E-state index contributed by atoms with van der Waals surface area (Å²) in [6.07, 6.45) is 0. The van der Waals surface area contributed by atoms with Crippen molar-refractivity contribution in [3.05, 3.63) is 39.1 Å². The fourth-order valence-corrected chi connectivity index (χ4v) is 2.22. The second-order valence-electron chi connectivity index (χ2n) is 2.71. The Bertz CT molecular complexity index is 559. The summed E-state index contributed by atoms with van der Waals surface area (Å²) >= 11 is 1.42. The number of nitriles is 1. The number of aromatic nitrogens is 1. The average Bonchev–Trinajstić information content (AvgIpc) is 2.50. The van der Waals surface area contributed by atoms with Gasteiger partial charge < -0.3 is 0 Å². The van der Waals surface area contributed by atoms with E-state index in [4.69, 9.17) is 5.26 Å². The van der Waals surface area contributed by atoms with Gasteiger partial charge in [-0.2, -0.15) is 5.26 Å². The van der Waals surface area contributed by atoms with Crippen molar-refractivity contribution < 1.29 is 0 Å². The summed E-state index contributed by atoms with van der Waals surface area (Å²) in [7, 11) is 0. The summed E-state index contributed by atoms with van der Waals surface area (Å²) in [4.78, 5) is 12.1. The lowest BCUT2D eigenvalue weighted by Crippen LogP contribution is -2.11. The van der Waals surface area contributed by atoms with Crippen molar-refractivity contribution in [3.63, 3.8) is 0 Å². The molecule has 4 heteroatoms. The van der Waals surface area contributed by atoms with Crippen LogP contribution in [0, 0.1) is 18.3 Å². The highest BCUT2D eigenvalue weighted by Crippen LogP contribution is 2.16. The highest BCUT2D eigenvalue weighted by atomic mass is 32.1. The molecule has 0 fully saturated rings. The molecule has 0 aliphatic heterocycles. The van der Waals surface area contributed by atoms with Crippen LogP contribution in [0.1, 0.15) is 11.3 Å². The third-order valence-corrected chi connectivity index (χ3v) is 2.95. The van der Waals surface area contributed by atoms with Crippen molar-refractivity contribution >= 4 is 16.2 Å². The van der Waals surface area contributed by atoms with E-state index in [9.17, 15) is 4.79 Å². The summed E-state index contributed by atoms with van der Waals surface area (Å²) in [6, 6.07) is 5.05. The molecule has 0 aromatic carbocycles. The van der Waals surface area contributed by atoms with Crippen LogP contribution < -0.4 is 5.56 Å². The van der Waals surface area contributed by atoms with Crippen LogP contribution in [-0.2, 0) is 0 Å². The summed E-state index contributed by atoms with van der Waals surface area (Å²) < 4.78 is 1.56. The first-order chi connectivity index (χ1) is 6.24. The minimum atomic E-state index is -0.0762. The zero-order valence-electron chi connectivity index (χ0n) is 6.94. The van der Waals surface area contributed by atoms with Gasteiger partial charge >= 0.3 is 0 Å². The van der Waals surface area contributed by atoms with Crippen LogP contribution in [0.3, 0.4) is 0 Å². The molecule has 0 aliphatic rings. The lowest BCUT2D eigenvalue weighted by Gasteiger charge is -1.95.